The zero-order valence-electron chi connectivity index (χ0n) is 18.4. The van der Waals surface area contributed by atoms with Crippen LogP contribution in [0.25, 0.3) is 0 Å². The molecule has 0 unspecified atom stereocenters. The summed E-state index contributed by atoms with van der Waals surface area (Å²) >= 11 is 5.97. The van der Waals surface area contributed by atoms with Crippen molar-refractivity contribution in [1.82, 2.24) is 9.80 Å². The molecule has 1 aliphatic heterocycles. The van der Waals surface area contributed by atoms with E-state index in [0.717, 1.165) is 50.1 Å². The smallest absolute Gasteiger partial charge is 0.0900 e. The highest BCUT2D eigenvalue weighted by molar-refractivity contribution is 6.30. The molecule has 5 heteroatoms. The molecular weight excluding hydrogens is 384 g/mol. The van der Waals surface area contributed by atoms with Crippen molar-refractivity contribution in [2.24, 2.45) is 17.8 Å². The van der Waals surface area contributed by atoms with Crippen molar-refractivity contribution < 1.29 is 9.84 Å². The topological polar surface area (TPSA) is 35.9 Å². The Morgan fingerprint density at radius 1 is 1.07 bits per heavy atom. The van der Waals surface area contributed by atoms with Crippen LogP contribution in [-0.2, 0) is 11.3 Å². The van der Waals surface area contributed by atoms with E-state index in [1.807, 2.05) is 12.1 Å². The number of halogens is 1. The minimum Gasteiger partial charge on any atom is -0.389 e. The van der Waals surface area contributed by atoms with Crippen LogP contribution in [-0.4, -0.2) is 66.4 Å². The molecule has 2 fully saturated rings. The summed E-state index contributed by atoms with van der Waals surface area (Å²) in [6.07, 6.45) is 3.62. The van der Waals surface area contributed by atoms with Gasteiger partial charge in [0, 0.05) is 44.3 Å². The van der Waals surface area contributed by atoms with Gasteiger partial charge in [-0.1, -0.05) is 50.9 Å². The molecule has 1 heterocycles. The monoisotopic (exact) mass is 422 g/mol. The van der Waals surface area contributed by atoms with E-state index in [-0.39, 0.29) is 0 Å². The van der Waals surface area contributed by atoms with Crippen molar-refractivity contribution >= 4 is 11.6 Å². The molecule has 0 bridgehead atoms. The Bertz CT molecular complexity index is 601. The average Bonchev–Trinajstić information content (AvgIpc) is 2.69. The van der Waals surface area contributed by atoms with E-state index in [4.69, 9.17) is 16.3 Å². The van der Waals surface area contributed by atoms with E-state index in [1.165, 1.54) is 18.4 Å². The molecule has 164 valence electrons. The quantitative estimate of drug-likeness (QED) is 0.677. The van der Waals surface area contributed by atoms with Crippen LogP contribution in [0.15, 0.2) is 24.3 Å². The van der Waals surface area contributed by atoms with Crippen LogP contribution in [0.2, 0.25) is 5.02 Å². The number of aliphatic hydroxyl groups is 1. The summed E-state index contributed by atoms with van der Waals surface area (Å²) in [5, 5.41) is 11.3. The molecular formula is C24H39ClN2O2. The number of ether oxygens (including phenoxy) is 1. The molecule has 0 radical (unpaired) electrons. The molecule has 4 atom stereocenters. The summed E-state index contributed by atoms with van der Waals surface area (Å²) in [7, 11) is 0. The van der Waals surface area contributed by atoms with Gasteiger partial charge in [-0.25, -0.2) is 0 Å². The number of aliphatic hydroxyl groups excluding tert-OH is 1. The van der Waals surface area contributed by atoms with Crippen LogP contribution in [0.5, 0.6) is 0 Å². The second-order valence-corrected chi connectivity index (χ2v) is 9.99. The predicted octanol–water partition coefficient (Wildman–Crippen LogP) is 4.30. The average molecular weight is 423 g/mol. The Hall–Kier alpha value is -0.650. The lowest BCUT2D eigenvalue weighted by molar-refractivity contribution is -0.0755. The summed E-state index contributed by atoms with van der Waals surface area (Å²) in [4.78, 5) is 4.84. The summed E-state index contributed by atoms with van der Waals surface area (Å²) in [5.74, 6) is 2.02. The van der Waals surface area contributed by atoms with Gasteiger partial charge in [0.1, 0.15) is 0 Å². The molecule has 1 aromatic carbocycles. The van der Waals surface area contributed by atoms with Crippen molar-refractivity contribution in [3.63, 3.8) is 0 Å². The van der Waals surface area contributed by atoms with Crippen molar-refractivity contribution in [3.05, 3.63) is 34.9 Å². The Balaban J connectivity index is 1.37. The van der Waals surface area contributed by atoms with Gasteiger partial charge < -0.3 is 9.84 Å². The van der Waals surface area contributed by atoms with E-state index in [1.54, 1.807) is 0 Å². The Labute approximate surface area is 182 Å². The van der Waals surface area contributed by atoms with Gasteiger partial charge in [0.15, 0.2) is 0 Å². The van der Waals surface area contributed by atoms with E-state index >= 15 is 0 Å². The third-order valence-corrected chi connectivity index (χ3v) is 6.97. The summed E-state index contributed by atoms with van der Waals surface area (Å²) in [5.41, 5.74) is 1.30. The van der Waals surface area contributed by atoms with Crippen LogP contribution in [0.3, 0.4) is 0 Å². The standard InChI is InChI=1S/C24H39ClN2O2/c1-18(2)23-9-4-19(3)14-24(23)29-17-22(28)16-27-12-10-26(11-13-27)15-20-5-7-21(25)8-6-20/h5-8,18-19,22-24,28H,4,9-17H2,1-3H3/t19-,22-,23-,24+/m1/s1. The van der Waals surface area contributed by atoms with Crippen LogP contribution in [0.1, 0.15) is 45.6 Å². The van der Waals surface area contributed by atoms with Crippen LogP contribution in [0.4, 0.5) is 0 Å². The van der Waals surface area contributed by atoms with E-state index < -0.39 is 6.10 Å². The lowest BCUT2D eigenvalue weighted by Gasteiger charge is -2.38. The number of β-amino-alcohol motifs (C(OH)–C–C–N with tert-alkyl or cyclic N) is 1. The first-order chi connectivity index (χ1) is 13.9. The number of piperazine rings is 1. The largest absolute Gasteiger partial charge is 0.389 e. The maximum absolute atomic E-state index is 10.6. The van der Waals surface area contributed by atoms with Gasteiger partial charge in [-0.2, -0.15) is 0 Å². The highest BCUT2D eigenvalue weighted by Crippen LogP contribution is 2.35. The Kier molecular flexibility index (Phi) is 8.82. The first kappa shape index (κ1) is 23.0. The summed E-state index contributed by atoms with van der Waals surface area (Å²) in [6, 6.07) is 8.12. The fourth-order valence-electron chi connectivity index (χ4n) is 4.87. The highest BCUT2D eigenvalue weighted by atomic mass is 35.5. The zero-order chi connectivity index (χ0) is 20.8. The fraction of sp³-hybridized carbons (Fsp3) is 0.750. The predicted molar refractivity (Wildman–Crippen MR) is 120 cm³/mol. The minimum absolute atomic E-state index is 0.310. The number of hydrogen-bond donors (Lipinski definition) is 1. The van der Waals surface area contributed by atoms with E-state index in [0.29, 0.717) is 31.1 Å². The molecule has 4 nitrogen and oxygen atoms in total. The van der Waals surface area contributed by atoms with Crippen LogP contribution in [0, 0.1) is 17.8 Å². The zero-order valence-corrected chi connectivity index (χ0v) is 19.2. The molecule has 1 saturated carbocycles. The number of rotatable bonds is 8. The molecule has 1 N–H and O–H groups in total. The Morgan fingerprint density at radius 2 is 1.72 bits per heavy atom. The molecule has 0 spiro atoms. The third kappa shape index (κ3) is 7.22. The van der Waals surface area contributed by atoms with Crippen molar-refractivity contribution in [3.8, 4) is 0 Å². The number of nitrogens with zero attached hydrogens (tertiary/aromatic N) is 2. The van der Waals surface area contributed by atoms with Crippen molar-refractivity contribution in [1.29, 1.82) is 0 Å². The van der Waals surface area contributed by atoms with E-state index in [2.05, 4.69) is 42.7 Å². The minimum atomic E-state index is -0.400. The van der Waals surface area contributed by atoms with Gasteiger partial charge in [-0.15, -0.1) is 0 Å². The summed E-state index contributed by atoms with van der Waals surface area (Å²) in [6.45, 7) is 13.1. The van der Waals surface area contributed by atoms with Gasteiger partial charge in [0.25, 0.3) is 0 Å². The van der Waals surface area contributed by atoms with Crippen LogP contribution < -0.4 is 0 Å². The maximum atomic E-state index is 10.6. The molecule has 2 aliphatic rings. The number of hydrogen-bond acceptors (Lipinski definition) is 4. The van der Waals surface area contributed by atoms with Crippen LogP contribution >= 0.6 is 11.6 Å². The van der Waals surface area contributed by atoms with Gasteiger partial charge >= 0.3 is 0 Å². The number of benzene rings is 1. The maximum Gasteiger partial charge on any atom is 0.0900 e. The Morgan fingerprint density at radius 3 is 2.38 bits per heavy atom. The molecule has 29 heavy (non-hydrogen) atoms. The van der Waals surface area contributed by atoms with Gasteiger partial charge in [-0.3, -0.25) is 9.80 Å². The first-order valence-corrected chi connectivity index (χ1v) is 11.8. The van der Waals surface area contributed by atoms with Crippen molar-refractivity contribution in [2.45, 2.75) is 58.8 Å². The SMILES string of the molecule is CC(C)[C@H]1CC[C@@H](C)C[C@@H]1OC[C@H](O)CN1CCN(Cc2ccc(Cl)cc2)CC1. The van der Waals surface area contributed by atoms with Gasteiger partial charge in [-0.05, 0) is 48.3 Å². The molecule has 0 amide bonds. The van der Waals surface area contributed by atoms with E-state index in [9.17, 15) is 5.11 Å². The third-order valence-electron chi connectivity index (χ3n) is 6.72. The summed E-state index contributed by atoms with van der Waals surface area (Å²) < 4.78 is 6.24. The highest BCUT2D eigenvalue weighted by Gasteiger charge is 2.32. The second kappa shape index (κ2) is 11.1. The van der Waals surface area contributed by atoms with Crippen molar-refractivity contribution in [2.75, 3.05) is 39.3 Å². The lowest BCUT2D eigenvalue weighted by Crippen LogP contribution is -2.49. The molecule has 0 aromatic heterocycles. The second-order valence-electron chi connectivity index (χ2n) is 9.55. The molecule has 3 rings (SSSR count). The fourth-order valence-corrected chi connectivity index (χ4v) is 5.00. The first-order valence-electron chi connectivity index (χ1n) is 11.4. The molecule has 1 aliphatic carbocycles. The van der Waals surface area contributed by atoms with Gasteiger partial charge in [0.2, 0.25) is 0 Å². The lowest BCUT2D eigenvalue weighted by atomic mass is 9.75. The molecule has 1 aromatic rings. The molecule has 1 saturated heterocycles. The normalized spacial score (nSPS) is 28.0. The van der Waals surface area contributed by atoms with Gasteiger partial charge in [0.05, 0.1) is 18.8 Å².